The van der Waals surface area contributed by atoms with E-state index in [-0.39, 0.29) is 6.54 Å². The van der Waals surface area contributed by atoms with Crippen LogP contribution in [-0.2, 0) is 16.6 Å². The molecule has 1 N–H and O–H groups in total. The molecule has 1 aliphatic rings. The number of nitrogens with one attached hydrogen (secondary N) is 1. The van der Waals surface area contributed by atoms with E-state index in [1.165, 1.54) is 0 Å². The van der Waals surface area contributed by atoms with Gasteiger partial charge in [-0.1, -0.05) is 12.1 Å². The number of benzene rings is 2. The Bertz CT molecular complexity index is 820. The summed E-state index contributed by atoms with van der Waals surface area (Å²) in [7, 11) is 0.0379. The molecule has 0 fully saturated rings. The van der Waals surface area contributed by atoms with Gasteiger partial charge in [-0.15, -0.1) is 11.8 Å². The van der Waals surface area contributed by atoms with Crippen LogP contribution in [0.25, 0.3) is 0 Å². The number of rotatable bonds is 5. The summed E-state index contributed by atoms with van der Waals surface area (Å²) >= 11 is 1.76. The van der Waals surface area contributed by atoms with Crippen LogP contribution in [0.15, 0.2) is 52.3 Å². The van der Waals surface area contributed by atoms with Crippen molar-refractivity contribution in [3.8, 4) is 5.75 Å². The van der Waals surface area contributed by atoms with Crippen molar-refractivity contribution in [1.82, 2.24) is 4.72 Å². The first-order valence-corrected chi connectivity index (χ1v) is 10.1. The number of hydrogen-bond acceptors (Lipinski definition) is 5. The van der Waals surface area contributed by atoms with E-state index in [1.54, 1.807) is 31.0 Å². The van der Waals surface area contributed by atoms with Crippen molar-refractivity contribution < 1.29 is 13.2 Å². The van der Waals surface area contributed by atoms with E-state index in [2.05, 4.69) is 9.62 Å². The molecule has 5 nitrogen and oxygen atoms in total. The summed E-state index contributed by atoms with van der Waals surface area (Å²) < 4.78 is 32.9. The molecular formula is C17H20N2O3S2. The molecule has 128 valence electrons. The normalized spacial score (nSPS) is 14.3. The molecule has 0 unspecified atom stereocenters. The molecule has 1 heterocycles. The average molecular weight is 364 g/mol. The van der Waals surface area contributed by atoms with Crippen molar-refractivity contribution in [2.24, 2.45) is 0 Å². The van der Waals surface area contributed by atoms with Crippen molar-refractivity contribution in [2.45, 2.75) is 16.3 Å². The third-order valence-corrected chi connectivity index (χ3v) is 6.40. The van der Waals surface area contributed by atoms with Gasteiger partial charge in [-0.3, -0.25) is 0 Å². The highest BCUT2D eigenvalue weighted by Crippen LogP contribution is 2.35. The maximum Gasteiger partial charge on any atom is 0.240 e. The van der Waals surface area contributed by atoms with Crippen molar-refractivity contribution >= 4 is 27.5 Å². The molecule has 0 aromatic heterocycles. The first-order valence-electron chi connectivity index (χ1n) is 7.60. The Balaban J connectivity index is 1.76. The quantitative estimate of drug-likeness (QED) is 0.884. The summed E-state index contributed by atoms with van der Waals surface area (Å²) in [6.07, 6.45) is 0. The largest absolute Gasteiger partial charge is 0.497 e. The Hall–Kier alpha value is -1.70. The van der Waals surface area contributed by atoms with Gasteiger partial charge in [0, 0.05) is 30.8 Å². The molecule has 0 amide bonds. The SMILES string of the molecule is COc1ccc(CNS(=O)(=O)c2ccc3c(c2)N(C)CCS3)cc1. The van der Waals surface area contributed by atoms with Gasteiger partial charge in [-0.25, -0.2) is 13.1 Å². The second-order valence-corrected chi connectivity index (χ2v) is 8.48. The lowest BCUT2D eigenvalue weighted by atomic mass is 10.2. The van der Waals surface area contributed by atoms with Crippen molar-refractivity contribution in [2.75, 3.05) is 31.4 Å². The molecule has 3 rings (SSSR count). The smallest absolute Gasteiger partial charge is 0.240 e. The molecule has 0 saturated carbocycles. The molecule has 0 spiro atoms. The number of sulfonamides is 1. The van der Waals surface area contributed by atoms with Gasteiger partial charge in [-0.2, -0.15) is 0 Å². The Labute approximate surface area is 147 Å². The van der Waals surface area contributed by atoms with Crippen LogP contribution in [0.3, 0.4) is 0 Å². The van der Waals surface area contributed by atoms with Crippen LogP contribution in [0.1, 0.15) is 5.56 Å². The first-order chi connectivity index (χ1) is 11.5. The van der Waals surface area contributed by atoms with Gasteiger partial charge in [0.05, 0.1) is 17.7 Å². The first kappa shape index (κ1) is 17.1. The minimum Gasteiger partial charge on any atom is -0.497 e. The summed E-state index contributed by atoms with van der Waals surface area (Å²) in [5.41, 5.74) is 1.85. The highest BCUT2D eigenvalue weighted by atomic mass is 32.2. The minimum atomic E-state index is -3.55. The zero-order valence-electron chi connectivity index (χ0n) is 13.7. The molecule has 24 heavy (non-hydrogen) atoms. The summed E-state index contributed by atoms with van der Waals surface area (Å²) in [5, 5.41) is 0. The Morgan fingerprint density at radius 1 is 1.21 bits per heavy atom. The fourth-order valence-electron chi connectivity index (χ4n) is 2.50. The topological polar surface area (TPSA) is 58.6 Å². The summed E-state index contributed by atoms with van der Waals surface area (Å²) in [6, 6.07) is 12.6. The van der Waals surface area contributed by atoms with E-state index < -0.39 is 10.0 Å². The summed E-state index contributed by atoms with van der Waals surface area (Å²) in [5.74, 6) is 1.77. The number of fused-ring (bicyclic) bond motifs is 1. The maximum atomic E-state index is 12.6. The predicted octanol–water partition coefficient (Wildman–Crippen LogP) is 2.72. The number of ether oxygens (including phenoxy) is 1. The summed E-state index contributed by atoms with van der Waals surface area (Å²) in [6.45, 7) is 1.16. The van der Waals surface area contributed by atoms with E-state index in [0.29, 0.717) is 4.90 Å². The fraction of sp³-hybridized carbons (Fsp3) is 0.294. The van der Waals surface area contributed by atoms with Gasteiger partial charge in [0.25, 0.3) is 0 Å². The Kier molecular flexibility index (Phi) is 5.03. The highest BCUT2D eigenvalue weighted by Gasteiger charge is 2.20. The van der Waals surface area contributed by atoms with Crippen LogP contribution < -0.4 is 14.4 Å². The molecule has 2 aromatic carbocycles. The Morgan fingerprint density at radius 2 is 1.96 bits per heavy atom. The maximum absolute atomic E-state index is 12.6. The molecule has 0 bridgehead atoms. The van der Waals surface area contributed by atoms with Gasteiger partial charge < -0.3 is 9.64 Å². The van der Waals surface area contributed by atoms with Gasteiger partial charge >= 0.3 is 0 Å². The second kappa shape index (κ2) is 7.04. The molecule has 7 heteroatoms. The molecule has 2 aromatic rings. The van der Waals surface area contributed by atoms with Gasteiger partial charge in [0.15, 0.2) is 0 Å². The van der Waals surface area contributed by atoms with Gasteiger partial charge in [0.1, 0.15) is 5.75 Å². The van der Waals surface area contributed by atoms with Gasteiger partial charge in [-0.05, 0) is 35.9 Å². The third kappa shape index (κ3) is 3.68. The molecule has 0 atom stereocenters. The van der Waals surface area contributed by atoms with E-state index in [1.807, 2.05) is 37.4 Å². The molecule has 0 radical (unpaired) electrons. The van der Waals surface area contributed by atoms with Crippen LogP contribution in [0.5, 0.6) is 5.75 Å². The van der Waals surface area contributed by atoms with Crippen molar-refractivity contribution in [1.29, 1.82) is 0 Å². The lowest BCUT2D eigenvalue weighted by Crippen LogP contribution is -2.26. The van der Waals surface area contributed by atoms with Crippen molar-refractivity contribution in [3.63, 3.8) is 0 Å². The Morgan fingerprint density at radius 3 is 2.67 bits per heavy atom. The number of hydrogen-bond donors (Lipinski definition) is 1. The number of methoxy groups -OCH3 is 1. The highest BCUT2D eigenvalue weighted by molar-refractivity contribution is 7.99. The third-order valence-electron chi connectivity index (χ3n) is 3.96. The molecule has 0 aliphatic carbocycles. The average Bonchev–Trinajstić information content (AvgIpc) is 2.60. The standard InChI is InChI=1S/C17H20N2O3S2/c1-19-9-10-23-17-8-7-15(11-16(17)19)24(20,21)18-12-13-3-5-14(22-2)6-4-13/h3-8,11,18H,9-10,12H2,1-2H3. The molecule has 0 saturated heterocycles. The van der Waals surface area contributed by atoms with Crippen LogP contribution in [0, 0.1) is 0 Å². The number of thioether (sulfide) groups is 1. The van der Waals surface area contributed by atoms with E-state index >= 15 is 0 Å². The van der Waals surface area contributed by atoms with Crippen LogP contribution >= 0.6 is 11.8 Å². The van der Waals surface area contributed by atoms with E-state index in [4.69, 9.17) is 4.74 Å². The number of nitrogens with zero attached hydrogens (tertiary/aromatic N) is 1. The van der Waals surface area contributed by atoms with Crippen LogP contribution in [-0.4, -0.2) is 34.9 Å². The lowest BCUT2D eigenvalue weighted by molar-refractivity contribution is 0.414. The summed E-state index contributed by atoms with van der Waals surface area (Å²) in [4.78, 5) is 3.51. The predicted molar refractivity (Wildman–Crippen MR) is 97.5 cm³/mol. The lowest BCUT2D eigenvalue weighted by Gasteiger charge is -2.27. The minimum absolute atomic E-state index is 0.244. The molecule has 1 aliphatic heterocycles. The zero-order chi connectivity index (χ0) is 17.2. The van der Waals surface area contributed by atoms with Crippen molar-refractivity contribution in [3.05, 3.63) is 48.0 Å². The van der Waals surface area contributed by atoms with Crippen LogP contribution in [0.2, 0.25) is 0 Å². The van der Waals surface area contributed by atoms with E-state index in [0.717, 1.165) is 34.2 Å². The van der Waals surface area contributed by atoms with E-state index in [9.17, 15) is 8.42 Å². The zero-order valence-corrected chi connectivity index (χ0v) is 15.3. The number of anilines is 1. The van der Waals surface area contributed by atoms with Gasteiger partial charge in [0.2, 0.25) is 10.0 Å². The van der Waals surface area contributed by atoms with Crippen LogP contribution in [0.4, 0.5) is 5.69 Å². The second-order valence-electron chi connectivity index (χ2n) is 5.57. The monoisotopic (exact) mass is 364 g/mol. The molecular weight excluding hydrogens is 344 g/mol. The fourth-order valence-corrected chi connectivity index (χ4v) is 4.65.